The molecule has 0 aromatic heterocycles. The number of hydrogen-bond acceptors (Lipinski definition) is 4. The molecule has 23 heavy (non-hydrogen) atoms. The molecule has 0 aliphatic rings. The largest absolute Gasteiger partial charge is 0.399 e. The summed E-state index contributed by atoms with van der Waals surface area (Å²) in [5, 5.41) is 11.5. The van der Waals surface area contributed by atoms with E-state index in [0.717, 1.165) is 17.1 Å². The van der Waals surface area contributed by atoms with E-state index in [-0.39, 0.29) is 23.8 Å². The van der Waals surface area contributed by atoms with Gasteiger partial charge in [0.2, 0.25) is 5.96 Å². The van der Waals surface area contributed by atoms with Gasteiger partial charge in [0.1, 0.15) is 17.5 Å². The molecular weight excluding hydrogens is 304 g/mol. The van der Waals surface area contributed by atoms with Crippen LogP contribution in [-0.4, -0.2) is 35.9 Å². The van der Waals surface area contributed by atoms with Crippen LogP contribution in [0.2, 0.25) is 0 Å². The van der Waals surface area contributed by atoms with Gasteiger partial charge in [0, 0.05) is 31.8 Å². The van der Waals surface area contributed by atoms with Gasteiger partial charge >= 0.3 is 0 Å². The van der Waals surface area contributed by atoms with E-state index in [1.807, 2.05) is 6.19 Å². The number of nitrogen functional groups attached to an aromatic ring is 1. The van der Waals surface area contributed by atoms with Gasteiger partial charge in [-0.2, -0.15) is 10.3 Å². The van der Waals surface area contributed by atoms with Crippen molar-refractivity contribution in [1.82, 2.24) is 10.0 Å². The Kier molecular flexibility index (Phi) is 6.26. The fourth-order valence-electron chi connectivity index (χ4n) is 1.85. The highest BCUT2D eigenvalue weighted by atomic mass is 19.1. The van der Waals surface area contributed by atoms with E-state index < -0.39 is 11.6 Å². The molecule has 0 bridgehead atoms. The van der Waals surface area contributed by atoms with E-state index >= 15 is 0 Å². The maximum atomic E-state index is 14.0. The number of amidine groups is 1. The number of aliphatic imine (C=N–C) groups is 2. The molecule has 7 nitrogen and oxygen atoms in total. The normalized spacial score (nSPS) is 12.0. The van der Waals surface area contributed by atoms with Gasteiger partial charge in [-0.3, -0.25) is 10.0 Å². The SMILES string of the molecule is CCC(=NC(N)=NC)N(Cc1c(F)cc(N)cc1F)N(C)C#N. The smallest absolute Gasteiger partial charge is 0.216 e. The molecule has 0 radical (unpaired) electrons. The topological polar surface area (TPSA) is 107 Å². The van der Waals surface area contributed by atoms with Crippen molar-refractivity contribution in [3.8, 4) is 6.19 Å². The summed E-state index contributed by atoms with van der Waals surface area (Å²) in [6.07, 6.45) is 2.25. The zero-order chi connectivity index (χ0) is 17.6. The predicted molar refractivity (Wildman–Crippen MR) is 85.0 cm³/mol. The number of nitrogens with zero attached hydrogens (tertiary/aromatic N) is 5. The van der Waals surface area contributed by atoms with Crippen molar-refractivity contribution >= 4 is 17.5 Å². The van der Waals surface area contributed by atoms with Crippen LogP contribution in [0.4, 0.5) is 14.5 Å². The van der Waals surface area contributed by atoms with E-state index in [1.54, 1.807) is 6.92 Å². The van der Waals surface area contributed by atoms with Crippen molar-refractivity contribution in [2.75, 3.05) is 19.8 Å². The molecule has 0 saturated heterocycles. The first kappa shape index (κ1) is 18.2. The second kappa shape index (κ2) is 7.93. The number of benzene rings is 1. The van der Waals surface area contributed by atoms with E-state index in [9.17, 15) is 8.78 Å². The molecule has 0 atom stereocenters. The van der Waals surface area contributed by atoms with Gasteiger partial charge in [0.25, 0.3) is 0 Å². The van der Waals surface area contributed by atoms with Gasteiger partial charge < -0.3 is 11.5 Å². The van der Waals surface area contributed by atoms with Crippen LogP contribution in [0.5, 0.6) is 0 Å². The van der Waals surface area contributed by atoms with E-state index in [0.29, 0.717) is 12.3 Å². The number of nitrogens with two attached hydrogens (primary N) is 2. The molecule has 9 heteroatoms. The minimum absolute atomic E-state index is 0.00330. The molecule has 4 N–H and O–H groups in total. The zero-order valence-corrected chi connectivity index (χ0v) is 13.2. The fourth-order valence-corrected chi connectivity index (χ4v) is 1.85. The average molecular weight is 323 g/mol. The number of rotatable bonds is 4. The number of guanidine groups is 1. The lowest BCUT2D eigenvalue weighted by Crippen LogP contribution is -2.42. The molecule has 1 aromatic rings. The molecule has 1 aromatic carbocycles. The molecule has 1 rings (SSSR count). The Hall–Kier alpha value is -2.89. The van der Waals surface area contributed by atoms with Gasteiger partial charge in [0.15, 0.2) is 6.19 Å². The maximum Gasteiger partial charge on any atom is 0.216 e. The third-order valence-electron chi connectivity index (χ3n) is 3.06. The van der Waals surface area contributed by atoms with Gasteiger partial charge in [-0.1, -0.05) is 6.92 Å². The van der Waals surface area contributed by atoms with Crippen LogP contribution in [0.15, 0.2) is 22.1 Å². The van der Waals surface area contributed by atoms with Crippen molar-refractivity contribution in [1.29, 1.82) is 5.26 Å². The molecule has 0 fully saturated rings. The highest BCUT2D eigenvalue weighted by Crippen LogP contribution is 2.20. The monoisotopic (exact) mass is 323 g/mol. The summed E-state index contributed by atoms with van der Waals surface area (Å²) >= 11 is 0. The predicted octanol–water partition coefficient (Wildman–Crippen LogP) is 1.43. The molecule has 0 aliphatic carbocycles. The molecule has 124 valence electrons. The van der Waals surface area contributed by atoms with Gasteiger partial charge in [-0.15, -0.1) is 0 Å². The van der Waals surface area contributed by atoms with Crippen molar-refractivity contribution in [3.63, 3.8) is 0 Å². The minimum Gasteiger partial charge on any atom is -0.399 e. The number of anilines is 1. The third-order valence-corrected chi connectivity index (χ3v) is 3.06. The second-order valence-corrected chi connectivity index (χ2v) is 4.61. The first-order valence-electron chi connectivity index (χ1n) is 6.78. The Bertz CT molecular complexity index is 641. The summed E-state index contributed by atoms with van der Waals surface area (Å²) in [6.45, 7) is 1.53. The molecule has 0 unspecified atom stereocenters. The van der Waals surface area contributed by atoms with Gasteiger partial charge in [-0.05, 0) is 12.1 Å². The lowest BCUT2D eigenvalue weighted by atomic mass is 10.1. The molecule has 0 saturated carbocycles. The highest BCUT2D eigenvalue weighted by Gasteiger charge is 2.20. The van der Waals surface area contributed by atoms with Crippen molar-refractivity contribution < 1.29 is 8.78 Å². The van der Waals surface area contributed by atoms with E-state index in [2.05, 4.69) is 9.98 Å². The van der Waals surface area contributed by atoms with Crippen molar-refractivity contribution in [3.05, 3.63) is 29.3 Å². The Labute approximate surface area is 133 Å². The summed E-state index contributed by atoms with van der Waals surface area (Å²) < 4.78 is 28.0. The molecule has 0 heterocycles. The van der Waals surface area contributed by atoms with Crippen LogP contribution >= 0.6 is 0 Å². The first-order valence-corrected chi connectivity index (χ1v) is 6.78. The average Bonchev–Trinajstić information content (AvgIpc) is 2.51. The summed E-state index contributed by atoms with van der Waals surface area (Å²) in [5.74, 6) is -1.26. The van der Waals surface area contributed by atoms with Crippen LogP contribution in [0.25, 0.3) is 0 Å². The summed E-state index contributed by atoms with van der Waals surface area (Å²) in [6, 6.07) is 2.04. The Morgan fingerprint density at radius 3 is 2.35 bits per heavy atom. The lowest BCUT2D eigenvalue weighted by Gasteiger charge is -2.30. The molecule has 0 spiro atoms. The van der Waals surface area contributed by atoms with Crippen molar-refractivity contribution in [2.45, 2.75) is 19.9 Å². The summed E-state index contributed by atoms with van der Waals surface area (Å²) in [5.41, 5.74) is 10.7. The van der Waals surface area contributed by atoms with E-state index in [1.165, 1.54) is 19.1 Å². The second-order valence-electron chi connectivity index (χ2n) is 4.61. The highest BCUT2D eigenvalue weighted by molar-refractivity contribution is 5.94. The summed E-state index contributed by atoms with van der Waals surface area (Å²) in [7, 11) is 2.90. The quantitative estimate of drug-likeness (QED) is 0.218. The van der Waals surface area contributed by atoms with Crippen LogP contribution in [0.1, 0.15) is 18.9 Å². The number of hydrazine groups is 1. The fraction of sp³-hybridized carbons (Fsp3) is 0.357. The Balaban J connectivity index is 3.29. The Morgan fingerprint density at radius 1 is 1.35 bits per heavy atom. The number of hydrogen-bond donors (Lipinski definition) is 2. The first-order chi connectivity index (χ1) is 10.8. The van der Waals surface area contributed by atoms with Gasteiger partial charge in [0.05, 0.1) is 6.54 Å². The van der Waals surface area contributed by atoms with Crippen molar-refractivity contribution in [2.24, 2.45) is 15.7 Å². The zero-order valence-electron chi connectivity index (χ0n) is 13.2. The van der Waals surface area contributed by atoms with Crippen LogP contribution < -0.4 is 11.5 Å². The molecular formula is C14H19F2N7. The van der Waals surface area contributed by atoms with E-state index in [4.69, 9.17) is 16.7 Å². The Morgan fingerprint density at radius 2 is 1.91 bits per heavy atom. The third kappa shape index (κ3) is 4.54. The molecule has 0 amide bonds. The van der Waals surface area contributed by atoms with Crippen LogP contribution in [-0.2, 0) is 6.54 Å². The standard InChI is InChI=1S/C14H19F2N7/c1-4-13(21-14(19)20-2)23(22(3)8-17)7-10-11(15)5-9(18)6-12(10)16/h5-6H,4,7,18H2,1-3H3,(H2,19,20). The molecule has 0 aliphatic heterocycles. The lowest BCUT2D eigenvalue weighted by molar-refractivity contribution is 0.133. The maximum absolute atomic E-state index is 14.0. The summed E-state index contributed by atoms with van der Waals surface area (Å²) in [4.78, 5) is 7.78. The minimum atomic E-state index is -0.800. The number of halogens is 2. The number of nitriles is 1. The van der Waals surface area contributed by atoms with Crippen LogP contribution in [0, 0.1) is 23.1 Å². The van der Waals surface area contributed by atoms with Crippen LogP contribution in [0.3, 0.4) is 0 Å². The van der Waals surface area contributed by atoms with Gasteiger partial charge in [-0.25, -0.2) is 13.8 Å².